The van der Waals surface area contributed by atoms with E-state index in [4.69, 9.17) is 0 Å². The lowest BCUT2D eigenvalue weighted by Crippen LogP contribution is -2.20. The second-order valence-electron chi connectivity index (χ2n) is 5.85. The molecule has 0 aliphatic rings. The second kappa shape index (κ2) is 7.61. The molecule has 0 aliphatic carbocycles. The summed E-state index contributed by atoms with van der Waals surface area (Å²) >= 11 is 0. The highest BCUT2D eigenvalue weighted by atomic mass is 19.2. The van der Waals surface area contributed by atoms with E-state index < -0.39 is 28.8 Å². The van der Waals surface area contributed by atoms with E-state index in [2.05, 4.69) is 10.3 Å². The van der Waals surface area contributed by atoms with Gasteiger partial charge < -0.3 is 9.88 Å². The summed E-state index contributed by atoms with van der Waals surface area (Å²) < 4.78 is 55.0. The summed E-state index contributed by atoms with van der Waals surface area (Å²) in [5.41, 5.74) is 0.562. The van der Waals surface area contributed by atoms with Crippen LogP contribution >= 0.6 is 0 Å². The van der Waals surface area contributed by atoms with Crippen LogP contribution in [0.3, 0.4) is 0 Å². The standard InChI is InChI=1S/C19H15F4N3O/c1-2-12-5-3-4-6-16(12)24-19-25-18(27)15(22)10-26(19)9-11-7-13(20)17(23)14(21)8-11/h3-8,10H,2,9H2,1H3,(H,24,25,27). The van der Waals surface area contributed by atoms with Crippen molar-refractivity contribution in [2.75, 3.05) is 5.32 Å². The van der Waals surface area contributed by atoms with Crippen molar-refractivity contribution < 1.29 is 17.6 Å². The van der Waals surface area contributed by atoms with Crippen LogP contribution in [0.2, 0.25) is 0 Å². The normalized spacial score (nSPS) is 10.9. The minimum Gasteiger partial charge on any atom is -0.325 e. The van der Waals surface area contributed by atoms with Crippen LogP contribution in [0.4, 0.5) is 29.2 Å². The minimum absolute atomic E-state index is 0.00700. The Balaban J connectivity index is 2.03. The molecule has 0 saturated carbocycles. The van der Waals surface area contributed by atoms with E-state index in [1.807, 2.05) is 19.1 Å². The zero-order valence-electron chi connectivity index (χ0n) is 14.3. The first-order chi connectivity index (χ1) is 12.9. The van der Waals surface area contributed by atoms with Crippen molar-refractivity contribution in [1.29, 1.82) is 0 Å². The number of aromatic nitrogens is 2. The largest absolute Gasteiger partial charge is 0.325 e. The average molecular weight is 377 g/mol. The van der Waals surface area contributed by atoms with Gasteiger partial charge in [0.15, 0.2) is 17.5 Å². The van der Waals surface area contributed by atoms with Gasteiger partial charge >= 0.3 is 5.56 Å². The van der Waals surface area contributed by atoms with E-state index in [0.717, 1.165) is 23.9 Å². The fraction of sp³-hybridized carbons (Fsp3) is 0.158. The molecule has 2 aromatic carbocycles. The number of para-hydroxylation sites is 1. The second-order valence-corrected chi connectivity index (χ2v) is 5.85. The van der Waals surface area contributed by atoms with Gasteiger partial charge in [-0.3, -0.25) is 4.79 Å². The maximum atomic E-state index is 13.7. The molecule has 140 valence electrons. The van der Waals surface area contributed by atoms with Crippen LogP contribution in [0.1, 0.15) is 18.1 Å². The number of nitrogens with one attached hydrogen (secondary N) is 1. The third kappa shape index (κ3) is 3.99. The summed E-state index contributed by atoms with van der Waals surface area (Å²) in [6.07, 6.45) is 1.58. The van der Waals surface area contributed by atoms with Gasteiger partial charge in [-0.15, -0.1) is 0 Å². The summed E-state index contributed by atoms with van der Waals surface area (Å²) in [6, 6.07) is 8.86. The Morgan fingerprint density at radius 3 is 2.37 bits per heavy atom. The molecular weight excluding hydrogens is 362 g/mol. The molecule has 0 spiro atoms. The molecule has 0 saturated heterocycles. The molecule has 0 atom stereocenters. The number of hydrogen-bond donors (Lipinski definition) is 1. The highest BCUT2D eigenvalue weighted by Crippen LogP contribution is 2.21. The molecule has 1 aromatic heterocycles. The van der Waals surface area contributed by atoms with Gasteiger partial charge in [-0.25, -0.2) is 13.2 Å². The van der Waals surface area contributed by atoms with Gasteiger partial charge in [-0.2, -0.15) is 9.37 Å². The first-order valence-electron chi connectivity index (χ1n) is 8.14. The number of nitrogens with zero attached hydrogens (tertiary/aromatic N) is 2. The van der Waals surface area contributed by atoms with Gasteiger partial charge in [0.2, 0.25) is 11.8 Å². The molecule has 0 radical (unpaired) electrons. The molecule has 27 heavy (non-hydrogen) atoms. The summed E-state index contributed by atoms with van der Waals surface area (Å²) in [5, 5.41) is 2.94. The molecule has 8 heteroatoms. The van der Waals surface area contributed by atoms with Crippen LogP contribution in [0.5, 0.6) is 0 Å². The third-order valence-corrected chi connectivity index (χ3v) is 3.99. The molecule has 4 nitrogen and oxygen atoms in total. The van der Waals surface area contributed by atoms with Crippen LogP contribution in [0.25, 0.3) is 0 Å². The molecular formula is C19H15F4N3O. The number of benzene rings is 2. The van der Waals surface area contributed by atoms with Crippen LogP contribution in [0, 0.1) is 23.3 Å². The first-order valence-corrected chi connectivity index (χ1v) is 8.14. The fourth-order valence-electron chi connectivity index (χ4n) is 2.65. The van der Waals surface area contributed by atoms with Gasteiger partial charge in [-0.1, -0.05) is 25.1 Å². The molecule has 3 rings (SSSR count). The predicted octanol–water partition coefficient (Wildman–Crippen LogP) is 4.15. The number of hydrogen-bond acceptors (Lipinski definition) is 3. The van der Waals surface area contributed by atoms with Crippen LogP contribution < -0.4 is 10.9 Å². The van der Waals surface area contributed by atoms with Crippen LogP contribution in [-0.2, 0) is 13.0 Å². The molecule has 1 heterocycles. The first kappa shape index (κ1) is 18.6. The quantitative estimate of drug-likeness (QED) is 0.537. The predicted molar refractivity (Wildman–Crippen MR) is 93.0 cm³/mol. The van der Waals surface area contributed by atoms with Crippen molar-refractivity contribution in [3.8, 4) is 0 Å². The highest BCUT2D eigenvalue weighted by Gasteiger charge is 2.14. The Kier molecular flexibility index (Phi) is 5.25. The van der Waals surface area contributed by atoms with Gasteiger partial charge in [0.1, 0.15) is 0 Å². The Hall–Kier alpha value is -3.16. The molecule has 0 unspecified atom stereocenters. The van der Waals surface area contributed by atoms with E-state index in [9.17, 15) is 22.4 Å². The van der Waals surface area contributed by atoms with Crippen molar-refractivity contribution in [3.05, 3.63) is 87.3 Å². The van der Waals surface area contributed by atoms with E-state index in [1.54, 1.807) is 12.1 Å². The van der Waals surface area contributed by atoms with E-state index >= 15 is 0 Å². The monoisotopic (exact) mass is 377 g/mol. The van der Waals surface area contributed by atoms with Gasteiger partial charge in [-0.05, 0) is 35.7 Å². The van der Waals surface area contributed by atoms with Crippen LogP contribution in [-0.4, -0.2) is 9.55 Å². The number of rotatable bonds is 5. The smallest absolute Gasteiger partial charge is 0.310 e. The fourth-order valence-corrected chi connectivity index (χ4v) is 2.65. The third-order valence-electron chi connectivity index (χ3n) is 3.99. The van der Waals surface area contributed by atoms with Crippen LogP contribution in [0.15, 0.2) is 47.4 Å². The summed E-state index contributed by atoms with van der Waals surface area (Å²) in [4.78, 5) is 15.3. The number of halogens is 4. The lowest BCUT2D eigenvalue weighted by molar-refractivity contribution is 0.444. The maximum absolute atomic E-state index is 13.7. The van der Waals surface area contributed by atoms with E-state index in [-0.39, 0.29) is 18.1 Å². The van der Waals surface area contributed by atoms with Gasteiger partial charge in [0.05, 0.1) is 6.54 Å². The van der Waals surface area contributed by atoms with Gasteiger partial charge in [0, 0.05) is 11.9 Å². The van der Waals surface area contributed by atoms with Crippen molar-refractivity contribution in [3.63, 3.8) is 0 Å². The summed E-state index contributed by atoms with van der Waals surface area (Å²) in [5.74, 6) is -5.42. The number of anilines is 2. The lowest BCUT2D eigenvalue weighted by atomic mass is 10.1. The van der Waals surface area contributed by atoms with Crippen molar-refractivity contribution in [1.82, 2.24) is 9.55 Å². The average Bonchev–Trinajstić information content (AvgIpc) is 2.64. The Bertz CT molecular complexity index is 1030. The van der Waals surface area contributed by atoms with Crippen molar-refractivity contribution >= 4 is 11.6 Å². The molecule has 3 aromatic rings. The lowest BCUT2D eigenvalue weighted by Gasteiger charge is -2.16. The maximum Gasteiger partial charge on any atom is 0.310 e. The van der Waals surface area contributed by atoms with Crippen molar-refractivity contribution in [2.24, 2.45) is 0 Å². The zero-order valence-corrected chi connectivity index (χ0v) is 14.3. The summed E-state index contributed by atoms with van der Waals surface area (Å²) in [7, 11) is 0. The Labute approximate surface area is 152 Å². The van der Waals surface area contributed by atoms with Crippen molar-refractivity contribution in [2.45, 2.75) is 19.9 Å². The Morgan fingerprint density at radius 1 is 1.04 bits per heavy atom. The topological polar surface area (TPSA) is 46.9 Å². The zero-order chi connectivity index (χ0) is 19.6. The minimum atomic E-state index is -1.59. The SMILES string of the molecule is CCc1ccccc1Nc1nc(=O)c(F)cn1Cc1cc(F)c(F)c(F)c1. The highest BCUT2D eigenvalue weighted by molar-refractivity contribution is 5.58. The van der Waals surface area contributed by atoms with Gasteiger partial charge in [0.25, 0.3) is 0 Å². The van der Waals surface area contributed by atoms with E-state index in [0.29, 0.717) is 12.1 Å². The molecule has 0 amide bonds. The molecule has 1 N–H and O–H groups in total. The Morgan fingerprint density at radius 2 is 1.70 bits per heavy atom. The molecule has 0 aliphatic heterocycles. The van der Waals surface area contributed by atoms with E-state index in [1.165, 1.54) is 4.57 Å². The number of aryl methyl sites for hydroxylation is 1. The molecule has 0 fully saturated rings. The molecule has 0 bridgehead atoms. The summed E-state index contributed by atoms with van der Waals surface area (Å²) in [6.45, 7) is 1.71.